The Morgan fingerprint density at radius 1 is 1.14 bits per heavy atom. The summed E-state index contributed by atoms with van der Waals surface area (Å²) in [6, 6.07) is 10.8. The summed E-state index contributed by atoms with van der Waals surface area (Å²) in [5, 5.41) is 18.4. The van der Waals surface area contributed by atoms with Crippen molar-refractivity contribution in [2.24, 2.45) is 7.05 Å². The molecule has 1 fully saturated rings. The molecule has 2 aromatic heterocycles. The van der Waals surface area contributed by atoms with E-state index in [2.05, 4.69) is 15.1 Å². The van der Waals surface area contributed by atoms with Crippen LogP contribution in [0.25, 0.3) is 11.6 Å². The van der Waals surface area contributed by atoms with Gasteiger partial charge in [-0.15, -0.1) is 10.2 Å². The maximum absolute atomic E-state index is 12.6. The van der Waals surface area contributed by atoms with Gasteiger partial charge in [-0.1, -0.05) is 11.8 Å². The summed E-state index contributed by atoms with van der Waals surface area (Å²) >= 11 is 1.38. The largest absolute Gasteiger partial charge is 0.508 e. The minimum absolute atomic E-state index is 0.0953. The van der Waals surface area contributed by atoms with Crippen molar-refractivity contribution in [3.63, 3.8) is 0 Å². The summed E-state index contributed by atoms with van der Waals surface area (Å²) in [5.41, 5.74) is 1.06. The van der Waals surface area contributed by atoms with E-state index in [0.29, 0.717) is 35.6 Å². The molecule has 0 unspecified atom stereocenters. The lowest BCUT2D eigenvalue weighted by molar-refractivity contribution is -0.128. The van der Waals surface area contributed by atoms with E-state index in [4.69, 9.17) is 4.42 Å². The van der Waals surface area contributed by atoms with Gasteiger partial charge in [-0.25, -0.2) is 0 Å². The molecule has 0 aliphatic carbocycles. The number of aromatic nitrogens is 3. The number of hydrogen-bond acceptors (Lipinski definition) is 7. The lowest BCUT2D eigenvalue weighted by atomic mass is 10.2. The van der Waals surface area contributed by atoms with Gasteiger partial charge >= 0.3 is 0 Å². The van der Waals surface area contributed by atoms with E-state index >= 15 is 0 Å². The van der Waals surface area contributed by atoms with Gasteiger partial charge in [-0.3, -0.25) is 4.79 Å². The molecule has 0 radical (unpaired) electrons. The Morgan fingerprint density at radius 2 is 1.89 bits per heavy atom. The first kappa shape index (κ1) is 18.4. The molecule has 28 heavy (non-hydrogen) atoms. The Morgan fingerprint density at radius 3 is 2.57 bits per heavy atom. The van der Waals surface area contributed by atoms with Gasteiger partial charge in [-0.05, 0) is 36.4 Å². The lowest BCUT2D eigenvalue weighted by Crippen LogP contribution is -2.49. The smallest absolute Gasteiger partial charge is 0.233 e. The zero-order valence-electron chi connectivity index (χ0n) is 15.5. The van der Waals surface area contributed by atoms with Crippen molar-refractivity contribution in [2.45, 2.75) is 5.16 Å². The maximum Gasteiger partial charge on any atom is 0.233 e. The van der Waals surface area contributed by atoms with Gasteiger partial charge in [0.1, 0.15) is 5.75 Å². The van der Waals surface area contributed by atoms with Crippen molar-refractivity contribution in [2.75, 3.05) is 36.8 Å². The van der Waals surface area contributed by atoms with Crippen LogP contribution in [-0.2, 0) is 11.8 Å². The molecule has 1 aliphatic heterocycles. The number of anilines is 1. The van der Waals surface area contributed by atoms with Crippen LogP contribution in [0.1, 0.15) is 0 Å². The van der Waals surface area contributed by atoms with Crippen molar-refractivity contribution in [1.29, 1.82) is 0 Å². The molecule has 0 atom stereocenters. The first-order valence-electron chi connectivity index (χ1n) is 8.99. The first-order chi connectivity index (χ1) is 13.6. The third kappa shape index (κ3) is 3.84. The Hall–Kier alpha value is -2.94. The standard InChI is InChI=1S/C19H21N5O3S/c1-22-18(16-3-2-12-27-16)20-21-19(22)28-13-17(26)24-10-8-23(9-11-24)14-4-6-15(25)7-5-14/h2-7,12,25H,8-11,13H2,1H3. The molecule has 0 bridgehead atoms. The fourth-order valence-electron chi connectivity index (χ4n) is 3.16. The SMILES string of the molecule is Cn1c(SCC(=O)N2CCN(c3ccc(O)cc3)CC2)nnc1-c1ccco1. The van der Waals surface area contributed by atoms with Crippen LogP contribution in [0, 0.1) is 0 Å². The van der Waals surface area contributed by atoms with E-state index in [0.717, 1.165) is 18.8 Å². The zero-order chi connectivity index (χ0) is 19.5. The number of amides is 1. The number of rotatable bonds is 5. The highest BCUT2D eigenvalue weighted by molar-refractivity contribution is 7.99. The van der Waals surface area contributed by atoms with Crippen LogP contribution in [0.5, 0.6) is 5.75 Å². The second-order valence-electron chi connectivity index (χ2n) is 6.52. The van der Waals surface area contributed by atoms with E-state index in [1.165, 1.54) is 11.8 Å². The van der Waals surface area contributed by atoms with Crippen LogP contribution in [-0.4, -0.2) is 62.6 Å². The number of benzene rings is 1. The zero-order valence-corrected chi connectivity index (χ0v) is 16.3. The van der Waals surface area contributed by atoms with Gasteiger partial charge in [0, 0.05) is 38.9 Å². The van der Waals surface area contributed by atoms with E-state index in [-0.39, 0.29) is 11.7 Å². The predicted octanol–water partition coefficient (Wildman–Crippen LogP) is 2.22. The molecular weight excluding hydrogens is 378 g/mol. The number of phenolic OH excluding ortho intramolecular Hbond substituents is 1. The fourth-order valence-corrected chi connectivity index (χ4v) is 3.97. The van der Waals surface area contributed by atoms with E-state index < -0.39 is 0 Å². The van der Waals surface area contributed by atoms with E-state index in [1.54, 1.807) is 24.5 Å². The number of aromatic hydroxyl groups is 1. The first-order valence-corrected chi connectivity index (χ1v) is 9.98. The molecular formula is C19H21N5O3S. The van der Waals surface area contributed by atoms with Crippen molar-refractivity contribution in [3.8, 4) is 17.3 Å². The van der Waals surface area contributed by atoms with Gasteiger partial charge in [0.25, 0.3) is 0 Å². The van der Waals surface area contributed by atoms with Gasteiger partial charge in [0.05, 0.1) is 12.0 Å². The summed E-state index contributed by atoms with van der Waals surface area (Å²) in [5.74, 6) is 1.97. The van der Waals surface area contributed by atoms with Crippen molar-refractivity contribution >= 4 is 23.4 Å². The van der Waals surface area contributed by atoms with Crippen LogP contribution in [0.3, 0.4) is 0 Å². The second-order valence-corrected chi connectivity index (χ2v) is 7.46. The van der Waals surface area contributed by atoms with Crippen LogP contribution >= 0.6 is 11.8 Å². The number of piperazine rings is 1. The van der Waals surface area contributed by atoms with Crippen molar-refractivity contribution < 1.29 is 14.3 Å². The normalized spacial score (nSPS) is 14.5. The molecule has 9 heteroatoms. The molecule has 1 aromatic carbocycles. The van der Waals surface area contributed by atoms with Crippen molar-refractivity contribution in [3.05, 3.63) is 42.7 Å². The quantitative estimate of drug-likeness (QED) is 0.658. The fraction of sp³-hybridized carbons (Fsp3) is 0.316. The van der Waals surface area contributed by atoms with Crippen LogP contribution in [0.4, 0.5) is 5.69 Å². The molecule has 3 heterocycles. The minimum atomic E-state index is 0.0953. The minimum Gasteiger partial charge on any atom is -0.508 e. The van der Waals surface area contributed by atoms with Gasteiger partial charge < -0.3 is 23.9 Å². The Kier molecular flexibility index (Phi) is 5.25. The summed E-state index contributed by atoms with van der Waals surface area (Å²) in [7, 11) is 1.86. The van der Waals surface area contributed by atoms with E-state index in [1.807, 2.05) is 34.7 Å². The maximum atomic E-state index is 12.6. The third-order valence-corrected chi connectivity index (χ3v) is 5.75. The topological polar surface area (TPSA) is 87.6 Å². The average molecular weight is 399 g/mol. The number of hydrogen-bond donors (Lipinski definition) is 1. The molecule has 1 saturated heterocycles. The van der Waals surface area contributed by atoms with E-state index in [9.17, 15) is 9.90 Å². The second kappa shape index (κ2) is 7.97. The monoisotopic (exact) mass is 399 g/mol. The number of nitrogens with zero attached hydrogens (tertiary/aromatic N) is 5. The molecule has 0 saturated carbocycles. The Bertz CT molecular complexity index is 931. The van der Waals surface area contributed by atoms with Gasteiger partial charge in [0.2, 0.25) is 5.91 Å². The summed E-state index contributed by atoms with van der Waals surface area (Å²) in [4.78, 5) is 16.7. The number of thioether (sulfide) groups is 1. The van der Waals surface area contributed by atoms with Crippen LogP contribution in [0.15, 0.2) is 52.2 Å². The molecule has 1 amide bonds. The molecule has 4 rings (SSSR count). The van der Waals surface area contributed by atoms with Gasteiger partial charge in [0.15, 0.2) is 16.7 Å². The third-order valence-electron chi connectivity index (χ3n) is 4.75. The Labute approximate surface area is 166 Å². The molecule has 1 N–H and O–H groups in total. The number of furan rings is 1. The predicted molar refractivity (Wildman–Crippen MR) is 106 cm³/mol. The molecule has 0 spiro atoms. The number of phenols is 1. The highest BCUT2D eigenvalue weighted by Gasteiger charge is 2.22. The highest BCUT2D eigenvalue weighted by atomic mass is 32.2. The average Bonchev–Trinajstić information content (AvgIpc) is 3.37. The van der Waals surface area contributed by atoms with Crippen LogP contribution < -0.4 is 4.90 Å². The molecule has 8 nitrogen and oxygen atoms in total. The van der Waals surface area contributed by atoms with Gasteiger partial charge in [-0.2, -0.15) is 0 Å². The number of carbonyl (C=O) groups is 1. The van der Waals surface area contributed by atoms with Crippen molar-refractivity contribution in [1.82, 2.24) is 19.7 Å². The highest BCUT2D eigenvalue weighted by Crippen LogP contribution is 2.24. The summed E-state index contributed by atoms with van der Waals surface area (Å²) in [6.45, 7) is 2.90. The molecule has 1 aliphatic rings. The summed E-state index contributed by atoms with van der Waals surface area (Å²) in [6.07, 6.45) is 1.60. The lowest BCUT2D eigenvalue weighted by Gasteiger charge is -2.36. The molecule has 146 valence electrons. The Balaban J connectivity index is 1.30. The molecule has 3 aromatic rings. The number of carbonyl (C=O) groups excluding carboxylic acids is 1. The van der Waals surface area contributed by atoms with Crippen LogP contribution in [0.2, 0.25) is 0 Å². The summed E-state index contributed by atoms with van der Waals surface area (Å²) < 4.78 is 7.19.